The zero-order chi connectivity index (χ0) is 20.2. The number of rotatable bonds is 4. The molecule has 3 nitrogen and oxygen atoms in total. The summed E-state index contributed by atoms with van der Waals surface area (Å²) in [6.07, 6.45) is 11.2. The van der Waals surface area contributed by atoms with Crippen LogP contribution in [0.2, 0.25) is 0 Å². The van der Waals surface area contributed by atoms with Crippen LogP contribution in [0.3, 0.4) is 0 Å². The smallest absolute Gasteiger partial charge is 0.0346 e. The van der Waals surface area contributed by atoms with Crippen LogP contribution in [0.4, 0.5) is 0 Å². The van der Waals surface area contributed by atoms with Gasteiger partial charge >= 0.3 is 0 Å². The van der Waals surface area contributed by atoms with E-state index in [1.165, 1.54) is 0 Å². The Labute approximate surface area is 175 Å². The molecule has 0 bridgehead atoms. The predicted molar refractivity (Wildman–Crippen MR) is 122 cm³/mol. The van der Waals surface area contributed by atoms with Crippen LogP contribution in [0, 0.1) is 0 Å². The number of hydrogen-bond acceptors (Lipinski definition) is 3. The van der Waals surface area contributed by atoms with Gasteiger partial charge in [-0.25, -0.2) is 0 Å². The van der Waals surface area contributed by atoms with Crippen molar-refractivity contribution in [1.29, 1.82) is 0 Å². The molecule has 0 aliphatic carbocycles. The van der Waals surface area contributed by atoms with Gasteiger partial charge in [-0.05, 0) is 52.6 Å². The highest BCUT2D eigenvalue weighted by Crippen LogP contribution is 2.30. The van der Waals surface area contributed by atoms with E-state index in [0.717, 1.165) is 44.5 Å². The van der Waals surface area contributed by atoms with Gasteiger partial charge in [0, 0.05) is 59.4 Å². The van der Waals surface area contributed by atoms with Gasteiger partial charge in [-0.15, -0.1) is 0 Å². The lowest BCUT2D eigenvalue weighted by atomic mass is 9.97. The Bertz CT molecular complexity index is 1180. The molecule has 0 radical (unpaired) electrons. The van der Waals surface area contributed by atoms with E-state index in [2.05, 4.69) is 81.7 Å². The molecule has 5 rings (SSSR count). The van der Waals surface area contributed by atoms with Gasteiger partial charge in [-0.1, -0.05) is 48.5 Å². The fourth-order valence-corrected chi connectivity index (χ4v) is 3.58. The summed E-state index contributed by atoms with van der Waals surface area (Å²) in [6, 6.07) is 27.2. The average Bonchev–Trinajstić information content (AvgIpc) is 2.85. The molecular formula is C27H19N3. The Morgan fingerprint density at radius 3 is 1.13 bits per heavy atom. The minimum Gasteiger partial charge on any atom is -0.264 e. The molecule has 0 spiro atoms. The number of benzene rings is 2. The van der Waals surface area contributed by atoms with Gasteiger partial charge in [0.05, 0.1) is 0 Å². The van der Waals surface area contributed by atoms with Gasteiger partial charge < -0.3 is 0 Å². The third-order valence-electron chi connectivity index (χ3n) is 5.12. The molecule has 0 N–H and O–H groups in total. The number of aromatic nitrogens is 3. The second kappa shape index (κ2) is 8.10. The van der Waals surface area contributed by atoms with Crippen LogP contribution < -0.4 is 0 Å². The Balaban J connectivity index is 1.52. The fraction of sp³-hybridized carbons (Fsp3) is 0. The van der Waals surface area contributed by atoms with Gasteiger partial charge in [0.15, 0.2) is 0 Å². The van der Waals surface area contributed by atoms with Crippen LogP contribution in [0.1, 0.15) is 0 Å². The summed E-state index contributed by atoms with van der Waals surface area (Å²) >= 11 is 0. The minimum absolute atomic E-state index is 1.09. The maximum absolute atomic E-state index is 4.52. The molecule has 3 aromatic heterocycles. The van der Waals surface area contributed by atoms with Crippen LogP contribution in [0.15, 0.2) is 116 Å². The van der Waals surface area contributed by atoms with Crippen molar-refractivity contribution in [1.82, 2.24) is 15.0 Å². The monoisotopic (exact) mass is 385 g/mol. The second-order valence-electron chi connectivity index (χ2n) is 7.11. The first-order chi connectivity index (χ1) is 14.9. The van der Waals surface area contributed by atoms with Crippen LogP contribution >= 0.6 is 0 Å². The molecule has 30 heavy (non-hydrogen) atoms. The van der Waals surface area contributed by atoms with Crippen molar-refractivity contribution >= 4 is 0 Å². The molecule has 0 aliphatic heterocycles. The maximum Gasteiger partial charge on any atom is 0.0346 e. The van der Waals surface area contributed by atoms with E-state index in [4.69, 9.17) is 0 Å². The Morgan fingerprint density at radius 2 is 0.700 bits per heavy atom. The summed E-state index contributed by atoms with van der Waals surface area (Å²) in [6.45, 7) is 0. The highest BCUT2D eigenvalue weighted by molar-refractivity contribution is 5.77. The van der Waals surface area contributed by atoms with E-state index < -0.39 is 0 Å². The molecule has 142 valence electrons. The van der Waals surface area contributed by atoms with E-state index in [1.807, 2.05) is 36.9 Å². The fourth-order valence-electron chi connectivity index (χ4n) is 3.58. The van der Waals surface area contributed by atoms with Gasteiger partial charge in [-0.3, -0.25) is 15.0 Å². The van der Waals surface area contributed by atoms with E-state index in [-0.39, 0.29) is 0 Å². The Morgan fingerprint density at radius 1 is 0.333 bits per heavy atom. The predicted octanol–water partition coefficient (Wildman–Crippen LogP) is 6.54. The lowest BCUT2D eigenvalue weighted by molar-refractivity contribution is 1.32. The minimum atomic E-state index is 1.09. The summed E-state index contributed by atoms with van der Waals surface area (Å²) in [7, 11) is 0. The molecule has 3 heterocycles. The first-order valence-corrected chi connectivity index (χ1v) is 9.83. The normalized spacial score (nSPS) is 10.7. The first kappa shape index (κ1) is 18.0. The summed E-state index contributed by atoms with van der Waals surface area (Å²) in [4.78, 5) is 13.0. The third kappa shape index (κ3) is 3.74. The summed E-state index contributed by atoms with van der Waals surface area (Å²) in [5.41, 5.74) is 8.94. The van der Waals surface area contributed by atoms with Gasteiger partial charge in [0.2, 0.25) is 0 Å². The van der Waals surface area contributed by atoms with Gasteiger partial charge in [0.1, 0.15) is 0 Å². The average molecular weight is 385 g/mol. The highest BCUT2D eigenvalue weighted by atomic mass is 14.6. The van der Waals surface area contributed by atoms with Crippen molar-refractivity contribution in [2.45, 2.75) is 0 Å². The molecule has 0 saturated heterocycles. The molecule has 2 aromatic carbocycles. The van der Waals surface area contributed by atoms with E-state index in [9.17, 15) is 0 Å². The quantitative estimate of drug-likeness (QED) is 0.352. The van der Waals surface area contributed by atoms with E-state index in [1.54, 1.807) is 12.4 Å². The molecule has 0 fully saturated rings. The van der Waals surface area contributed by atoms with Crippen LogP contribution in [0.5, 0.6) is 0 Å². The molecule has 0 amide bonds. The summed E-state index contributed by atoms with van der Waals surface area (Å²) < 4.78 is 0. The highest BCUT2D eigenvalue weighted by Gasteiger charge is 2.06. The number of hydrogen-bond donors (Lipinski definition) is 0. The summed E-state index contributed by atoms with van der Waals surface area (Å²) in [5, 5.41) is 0. The van der Waals surface area contributed by atoms with E-state index in [0.29, 0.717) is 0 Å². The van der Waals surface area contributed by atoms with Crippen molar-refractivity contribution in [3.63, 3.8) is 0 Å². The van der Waals surface area contributed by atoms with Crippen LogP contribution in [-0.4, -0.2) is 15.0 Å². The van der Waals surface area contributed by atoms with Crippen LogP contribution in [0.25, 0.3) is 44.5 Å². The van der Waals surface area contributed by atoms with Crippen molar-refractivity contribution in [2.75, 3.05) is 0 Å². The molecule has 0 saturated carbocycles. The topological polar surface area (TPSA) is 38.7 Å². The first-order valence-electron chi connectivity index (χ1n) is 9.83. The summed E-state index contributed by atoms with van der Waals surface area (Å²) in [5.74, 6) is 0. The Hall–Kier alpha value is -4.11. The van der Waals surface area contributed by atoms with Crippen molar-refractivity contribution in [3.05, 3.63) is 116 Å². The Kier molecular flexibility index (Phi) is 4.84. The molecular weight excluding hydrogens is 366 g/mol. The second-order valence-corrected chi connectivity index (χ2v) is 7.11. The van der Waals surface area contributed by atoms with Gasteiger partial charge in [0.25, 0.3) is 0 Å². The van der Waals surface area contributed by atoms with Crippen LogP contribution in [-0.2, 0) is 0 Å². The molecule has 3 heteroatoms. The maximum atomic E-state index is 4.52. The molecule has 5 aromatic rings. The molecule has 0 atom stereocenters. The lowest BCUT2D eigenvalue weighted by Gasteiger charge is -2.09. The lowest BCUT2D eigenvalue weighted by Crippen LogP contribution is -1.87. The van der Waals surface area contributed by atoms with Gasteiger partial charge in [-0.2, -0.15) is 0 Å². The zero-order valence-electron chi connectivity index (χ0n) is 16.3. The largest absolute Gasteiger partial charge is 0.264 e. The number of pyridine rings is 3. The zero-order valence-corrected chi connectivity index (χ0v) is 16.3. The molecule has 0 unspecified atom stereocenters. The SMILES string of the molecule is c1cncc(-c2cccc(-c3cncc(-c4cccc(-c5cccnc5)c4)c3)c2)c1. The third-order valence-corrected chi connectivity index (χ3v) is 5.12. The van der Waals surface area contributed by atoms with Crippen molar-refractivity contribution < 1.29 is 0 Å². The molecule has 0 aliphatic rings. The van der Waals surface area contributed by atoms with E-state index >= 15 is 0 Å². The van der Waals surface area contributed by atoms with Crippen molar-refractivity contribution in [2.24, 2.45) is 0 Å². The van der Waals surface area contributed by atoms with Crippen molar-refractivity contribution in [3.8, 4) is 44.5 Å². The number of nitrogens with zero attached hydrogens (tertiary/aromatic N) is 3. The standard InChI is InChI=1S/C27H19N3/c1-5-20(24-9-3-11-28-16-24)13-22(7-1)26-15-27(19-30-18-26)23-8-2-6-21(14-23)25-10-4-12-29-17-25/h1-19H.